The molecule has 1 heterocycles. The molecule has 1 aromatic heterocycles. The molecule has 0 aromatic carbocycles. The molecule has 0 amide bonds. The molecule has 0 bridgehead atoms. The van der Waals surface area contributed by atoms with Crippen LogP contribution in [0.2, 0.25) is 0 Å². The van der Waals surface area contributed by atoms with E-state index in [0.29, 0.717) is 13.0 Å². The zero-order chi connectivity index (χ0) is 8.97. The average molecular weight is 168 g/mol. The number of carboxylic acids is 1. The fraction of sp³-hybridized carbons (Fsp3) is 0.375. The maximum Gasteiger partial charge on any atom is 0.320 e. The topological polar surface area (TPSA) is 68.2 Å². The lowest BCUT2D eigenvalue weighted by molar-refractivity contribution is -0.138. The van der Waals surface area contributed by atoms with E-state index in [-0.39, 0.29) is 0 Å². The minimum absolute atomic E-state index is 0.462. The molecule has 0 unspecified atom stereocenters. The first kappa shape index (κ1) is 8.80. The summed E-state index contributed by atoms with van der Waals surface area (Å²) in [6.07, 6.45) is 4.23. The molecule has 0 radical (unpaired) electrons. The van der Waals surface area contributed by atoms with Crippen LogP contribution in [0.15, 0.2) is 24.5 Å². The number of carboxylic acid groups (broad SMARTS) is 1. The van der Waals surface area contributed by atoms with Crippen molar-refractivity contribution in [2.45, 2.75) is 19.0 Å². The van der Waals surface area contributed by atoms with Crippen molar-refractivity contribution in [3.63, 3.8) is 0 Å². The van der Waals surface area contributed by atoms with E-state index in [1.54, 1.807) is 0 Å². The van der Waals surface area contributed by atoms with Crippen LogP contribution in [0.5, 0.6) is 0 Å². The fourth-order valence-electron chi connectivity index (χ4n) is 0.931. The Hall–Kier alpha value is -1.29. The van der Waals surface area contributed by atoms with Gasteiger partial charge in [-0.3, -0.25) is 4.79 Å². The molecule has 12 heavy (non-hydrogen) atoms. The average Bonchev–Trinajstić information content (AvgIpc) is 2.51. The van der Waals surface area contributed by atoms with Crippen LogP contribution in [0.1, 0.15) is 6.42 Å². The lowest BCUT2D eigenvalue weighted by Gasteiger charge is -2.06. The minimum atomic E-state index is -0.942. The summed E-state index contributed by atoms with van der Waals surface area (Å²) in [4.78, 5) is 10.3. The second kappa shape index (κ2) is 3.92. The van der Waals surface area contributed by atoms with Gasteiger partial charge < -0.3 is 15.4 Å². The van der Waals surface area contributed by atoms with Crippen molar-refractivity contribution >= 4 is 5.97 Å². The van der Waals surface area contributed by atoms with E-state index in [1.807, 2.05) is 29.1 Å². The van der Waals surface area contributed by atoms with Gasteiger partial charge in [0.25, 0.3) is 0 Å². The van der Waals surface area contributed by atoms with Crippen molar-refractivity contribution in [1.29, 1.82) is 0 Å². The molecule has 1 atom stereocenters. The SMILES string of the molecule is N[C@H](CCn1cccc1)C(=O)O. The molecule has 0 spiro atoms. The first-order chi connectivity index (χ1) is 5.70. The Labute approximate surface area is 70.6 Å². The largest absolute Gasteiger partial charge is 0.480 e. The molecule has 0 aliphatic heterocycles. The number of aryl methyl sites for hydroxylation is 1. The summed E-state index contributed by atoms with van der Waals surface area (Å²) in [5.74, 6) is -0.942. The second-order valence-corrected chi connectivity index (χ2v) is 2.65. The lowest BCUT2D eigenvalue weighted by atomic mass is 10.2. The number of rotatable bonds is 4. The van der Waals surface area contributed by atoms with Crippen LogP contribution in [0.25, 0.3) is 0 Å². The minimum Gasteiger partial charge on any atom is -0.480 e. The molecule has 1 aromatic rings. The summed E-state index contributed by atoms with van der Waals surface area (Å²) >= 11 is 0. The number of aromatic nitrogens is 1. The standard InChI is InChI=1S/C8H12N2O2/c9-7(8(11)12)3-6-10-4-1-2-5-10/h1-2,4-5,7H,3,6,9H2,(H,11,12)/t7-/m1/s1. The van der Waals surface area contributed by atoms with E-state index in [0.717, 1.165) is 0 Å². The smallest absolute Gasteiger partial charge is 0.320 e. The molecule has 0 aliphatic carbocycles. The zero-order valence-corrected chi connectivity index (χ0v) is 6.68. The van der Waals surface area contributed by atoms with Crippen molar-refractivity contribution < 1.29 is 9.90 Å². The van der Waals surface area contributed by atoms with Gasteiger partial charge in [0.05, 0.1) is 0 Å². The highest BCUT2D eigenvalue weighted by molar-refractivity contribution is 5.72. The third-order valence-corrected chi connectivity index (χ3v) is 1.68. The van der Waals surface area contributed by atoms with Crippen LogP contribution in [-0.4, -0.2) is 21.7 Å². The molecule has 3 N–H and O–H groups in total. The summed E-state index contributed by atoms with van der Waals surface area (Å²) in [6.45, 7) is 0.653. The molecule has 0 fully saturated rings. The first-order valence-electron chi connectivity index (χ1n) is 3.79. The van der Waals surface area contributed by atoms with Crippen LogP contribution >= 0.6 is 0 Å². The van der Waals surface area contributed by atoms with Crippen LogP contribution in [0, 0.1) is 0 Å². The molecule has 4 heteroatoms. The second-order valence-electron chi connectivity index (χ2n) is 2.65. The molecule has 0 saturated heterocycles. The van der Waals surface area contributed by atoms with Gasteiger partial charge in [-0.15, -0.1) is 0 Å². The van der Waals surface area contributed by atoms with Gasteiger partial charge in [-0.05, 0) is 18.6 Å². The monoisotopic (exact) mass is 168 g/mol. The highest BCUT2D eigenvalue weighted by atomic mass is 16.4. The number of carbonyl (C=O) groups is 1. The van der Waals surface area contributed by atoms with Crippen molar-refractivity contribution in [3.8, 4) is 0 Å². The quantitative estimate of drug-likeness (QED) is 0.679. The van der Waals surface area contributed by atoms with E-state index < -0.39 is 12.0 Å². The summed E-state index contributed by atoms with van der Waals surface area (Å²) in [5.41, 5.74) is 5.32. The van der Waals surface area contributed by atoms with Crippen molar-refractivity contribution in [1.82, 2.24) is 4.57 Å². The van der Waals surface area contributed by atoms with Gasteiger partial charge in [0.2, 0.25) is 0 Å². The molecule has 1 rings (SSSR count). The van der Waals surface area contributed by atoms with Gasteiger partial charge in [-0.2, -0.15) is 0 Å². The predicted molar refractivity (Wildman–Crippen MR) is 44.7 cm³/mol. The maximum atomic E-state index is 10.3. The van der Waals surface area contributed by atoms with Crippen molar-refractivity contribution in [3.05, 3.63) is 24.5 Å². The molecular weight excluding hydrogens is 156 g/mol. The Balaban J connectivity index is 2.31. The van der Waals surface area contributed by atoms with Crippen molar-refractivity contribution in [2.24, 2.45) is 5.73 Å². The Morgan fingerprint density at radius 1 is 1.50 bits per heavy atom. The lowest BCUT2D eigenvalue weighted by Crippen LogP contribution is -2.31. The normalized spacial score (nSPS) is 12.8. The van der Waals surface area contributed by atoms with Gasteiger partial charge in [0, 0.05) is 18.9 Å². The molecule has 0 saturated carbocycles. The number of hydrogen-bond donors (Lipinski definition) is 2. The van der Waals surface area contributed by atoms with Gasteiger partial charge in [-0.25, -0.2) is 0 Å². The summed E-state index contributed by atoms with van der Waals surface area (Å²) in [5, 5.41) is 8.48. The van der Waals surface area contributed by atoms with Gasteiger partial charge in [0.1, 0.15) is 6.04 Å². The number of nitrogens with zero attached hydrogens (tertiary/aromatic N) is 1. The number of nitrogens with two attached hydrogens (primary N) is 1. The Kier molecular flexibility index (Phi) is 2.88. The maximum absolute atomic E-state index is 10.3. The predicted octanol–water partition coefficient (Wildman–Crippen LogP) is 0.290. The third kappa shape index (κ3) is 2.39. The van der Waals surface area contributed by atoms with E-state index in [9.17, 15) is 4.79 Å². The summed E-state index contributed by atoms with van der Waals surface area (Å²) in [6, 6.07) is 3.03. The Morgan fingerprint density at radius 3 is 2.58 bits per heavy atom. The number of hydrogen-bond acceptors (Lipinski definition) is 2. The molecular formula is C8H12N2O2. The van der Waals surface area contributed by atoms with Gasteiger partial charge >= 0.3 is 5.97 Å². The highest BCUT2D eigenvalue weighted by Gasteiger charge is 2.09. The van der Waals surface area contributed by atoms with E-state index >= 15 is 0 Å². The van der Waals surface area contributed by atoms with Crippen LogP contribution in [-0.2, 0) is 11.3 Å². The van der Waals surface area contributed by atoms with Crippen LogP contribution in [0.4, 0.5) is 0 Å². The molecule has 66 valence electrons. The van der Waals surface area contributed by atoms with E-state index in [1.165, 1.54) is 0 Å². The summed E-state index contributed by atoms with van der Waals surface area (Å²) < 4.78 is 1.91. The highest BCUT2D eigenvalue weighted by Crippen LogP contribution is 1.95. The number of aliphatic carboxylic acids is 1. The van der Waals surface area contributed by atoms with E-state index in [2.05, 4.69) is 0 Å². The van der Waals surface area contributed by atoms with Crippen LogP contribution in [0.3, 0.4) is 0 Å². The molecule has 4 nitrogen and oxygen atoms in total. The van der Waals surface area contributed by atoms with Crippen molar-refractivity contribution in [2.75, 3.05) is 0 Å². The van der Waals surface area contributed by atoms with Crippen LogP contribution < -0.4 is 5.73 Å². The van der Waals surface area contributed by atoms with E-state index in [4.69, 9.17) is 10.8 Å². The first-order valence-corrected chi connectivity index (χ1v) is 3.79. The zero-order valence-electron chi connectivity index (χ0n) is 6.68. The van der Waals surface area contributed by atoms with Gasteiger partial charge in [0.15, 0.2) is 0 Å². The summed E-state index contributed by atoms with van der Waals surface area (Å²) in [7, 11) is 0. The molecule has 0 aliphatic rings. The fourth-order valence-corrected chi connectivity index (χ4v) is 0.931. The Bertz CT molecular complexity index is 244. The van der Waals surface area contributed by atoms with Gasteiger partial charge in [-0.1, -0.05) is 0 Å². The Morgan fingerprint density at radius 2 is 2.08 bits per heavy atom. The third-order valence-electron chi connectivity index (χ3n) is 1.68.